The van der Waals surface area contributed by atoms with E-state index in [0.29, 0.717) is 5.69 Å². The first kappa shape index (κ1) is 14.1. The molecule has 7 heteroatoms. The maximum atomic E-state index is 12.6. The monoisotopic (exact) mass is 261 g/mol. The fourth-order valence-electron chi connectivity index (χ4n) is 1.44. The molecular weight excluding hydrogens is 247 g/mol. The summed E-state index contributed by atoms with van der Waals surface area (Å²) in [4.78, 5) is 0. The average Bonchev–Trinajstić information content (AvgIpc) is 2.29. The molecule has 0 amide bonds. The Morgan fingerprint density at radius 2 is 2.06 bits per heavy atom. The predicted molar refractivity (Wildman–Crippen MR) is 62.6 cm³/mol. The number of rotatable bonds is 4. The van der Waals surface area contributed by atoms with Gasteiger partial charge < -0.3 is 16.3 Å². The van der Waals surface area contributed by atoms with Gasteiger partial charge in [0.25, 0.3) is 0 Å². The van der Waals surface area contributed by atoms with Crippen molar-refractivity contribution >= 4 is 11.5 Å². The van der Waals surface area contributed by atoms with Crippen LogP contribution in [0.15, 0.2) is 29.4 Å². The lowest BCUT2D eigenvalue weighted by Gasteiger charge is -2.20. The summed E-state index contributed by atoms with van der Waals surface area (Å²) in [5.74, 6) is -2.88. The van der Waals surface area contributed by atoms with Crippen LogP contribution in [-0.2, 0) is 0 Å². The lowest BCUT2D eigenvalue weighted by atomic mass is 10.1. The summed E-state index contributed by atoms with van der Waals surface area (Å²) in [5.41, 5.74) is 6.44. The van der Waals surface area contributed by atoms with Crippen molar-refractivity contribution in [2.45, 2.75) is 13.1 Å². The molecule has 0 aliphatic rings. The molecule has 0 aliphatic carbocycles. The molecule has 0 saturated heterocycles. The first-order valence-electron chi connectivity index (χ1n) is 5.20. The number of benzene rings is 1. The van der Waals surface area contributed by atoms with Gasteiger partial charge in [-0.1, -0.05) is 23.4 Å². The van der Waals surface area contributed by atoms with Gasteiger partial charge in [0, 0.05) is 12.2 Å². The van der Waals surface area contributed by atoms with Crippen molar-refractivity contribution in [1.82, 2.24) is 0 Å². The zero-order valence-corrected chi connectivity index (χ0v) is 9.70. The van der Waals surface area contributed by atoms with Gasteiger partial charge in [0.2, 0.25) is 0 Å². The van der Waals surface area contributed by atoms with E-state index in [2.05, 4.69) is 10.5 Å². The number of aryl methyl sites for hydroxylation is 1. The highest BCUT2D eigenvalue weighted by Gasteiger charge is 2.42. The van der Waals surface area contributed by atoms with Crippen LogP contribution < -0.4 is 11.1 Å². The Balaban J connectivity index is 2.78. The van der Waals surface area contributed by atoms with Crippen molar-refractivity contribution in [2.24, 2.45) is 16.8 Å². The number of anilines is 1. The summed E-state index contributed by atoms with van der Waals surface area (Å²) < 4.78 is 37.9. The molecule has 0 saturated carbocycles. The molecule has 18 heavy (non-hydrogen) atoms. The van der Waals surface area contributed by atoms with E-state index in [4.69, 9.17) is 10.9 Å². The van der Waals surface area contributed by atoms with Crippen molar-refractivity contribution < 1.29 is 18.4 Å². The number of nitrogens with zero attached hydrogens (tertiary/aromatic N) is 1. The van der Waals surface area contributed by atoms with Crippen LogP contribution in [0.5, 0.6) is 0 Å². The molecule has 4 nitrogen and oxygen atoms in total. The van der Waals surface area contributed by atoms with Crippen LogP contribution in [0.1, 0.15) is 5.56 Å². The highest BCUT2D eigenvalue weighted by molar-refractivity contribution is 5.83. The lowest BCUT2D eigenvalue weighted by molar-refractivity contribution is -0.152. The van der Waals surface area contributed by atoms with Crippen LogP contribution in [0.2, 0.25) is 0 Å². The third kappa shape index (κ3) is 3.54. The fraction of sp³-hybridized carbons (Fsp3) is 0.364. The maximum absolute atomic E-state index is 12.6. The zero-order valence-electron chi connectivity index (χ0n) is 9.70. The van der Waals surface area contributed by atoms with Crippen molar-refractivity contribution in [3.8, 4) is 0 Å². The van der Waals surface area contributed by atoms with Crippen LogP contribution in [0, 0.1) is 12.8 Å². The second-order valence-electron chi connectivity index (χ2n) is 3.81. The number of hydrogen-bond donors (Lipinski definition) is 3. The Hall–Kier alpha value is -1.92. The van der Waals surface area contributed by atoms with Gasteiger partial charge in [-0.3, -0.25) is 0 Å². The van der Waals surface area contributed by atoms with E-state index in [1.54, 1.807) is 31.2 Å². The van der Waals surface area contributed by atoms with E-state index in [9.17, 15) is 13.2 Å². The number of alkyl halides is 3. The molecule has 0 radical (unpaired) electrons. The topological polar surface area (TPSA) is 70.6 Å². The Morgan fingerprint density at radius 1 is 1.44 bits per heavy atom. The molecule has 100 valence electrons. The largest absolute Gasteiger partial charge is 0.409 e. The molecule has 0 aromatic heterocycles. The van der Waals surface area contributed by atoms with Crippen LogP contribution in [0.3, 0.4) is 0 Å². The van der Waals surface area contributed by atoms with E-state index in [-0.39, 0.29) is 0 Å². The highest BCUT2D eigenvalue weighted by Crippen LogP contribution is 2.27. The Labute approximate surface area is 102 Å². The molecule has 1 rings (SSSR count). The predicted octanol–water partition coefficient (Wildman–Crippen LogP) is 2.33. The van der Waals surface area contributed by atoms with Crippen LogP contribution in [-0.4, -0.2) is 23.8 Å². The third-order valence-electron chi connectivity index (χ3n) is 2.51. The quantitative estimate of drug-likeness (QED) is 0.337. The van der Waals surface area contributed by atoms with E-state index >= 15 is 0 Å². The molecule has 1 unspecified atom stereocenters. The summed E-state index contributed by atoms with van der Waals surface area (Å²) in [6.07, 6.45) is -4.56. The molecule has 1 aromatic carbocycles. The molecule has 0 bridgehead atoms. The van der Waals surface area contributed by atoms with Crippen LogP contribution in [0.4, 0.5) is 18.9 Å². The van der Waals surface area contributed by atoms with Gasteiger partial charge in [-0.25, -0.2) is 0 Å². The Morgan fingerprint density at radius 3 is 2.56 bits per heavy atom. The smallest absolute Gasteiger partial charge is 0.400 e. The van der Waals surface area contributed by atoms with Gasteiger partial charge >= 0.3 is 6.18 Å². The summed E-state index contributed by atoms with van der Waals surface area (Å²) >= 11 is 0. The number of oxime groups is 1. The van der Waals surface area contributed by atoms with Crippen molar-refractivity contribution in [1.29, 1.82) is 0 Å². The minimum atomic E-state index is -4.56. The maximum Gasteiger partial charge on any atom is 0.400 e. The molecular formula is C11H14F3N3O. The molecule has 0 fully saturated rings. The highest BCUT2D eigenvalue weighted by atomic mass is 19.4. The van der Waals surface area contributed by atoms with E-state index < -0.39 is 24.5 Å². The fourth-order valence-corrected chi connectivity index (χ4v) is 1.44. The first-order chi connectivity index (χ1) is 8.36. The van der Waals surface area contributed by atoms with Crippen LogP contribution >= 0.6 is 0 Å². The van der Waals surface area contributed by atoms with Crippen molar-refractivity contribution in [3.63, 3.8) is 0 Å². The number of para-hydroxylation sites is 1. The van der Waals surface area contributed by atoms with Crippen LogP contribution in [0.25, 0.3) is 0 Å². The van der Waals surface area contributed by atoms with Gasteiger partial charge in [-0.2, -0.15) is 13.2 Å². The summed E-state index contributed by atoms with van der Waals surface area (Å²) in [7, 11) is 0. The normalized spacial score (nSPS) is 14.3. The second-order valence-corrected chi connectivity index (χ2v) is 3.81. The van der Waals surface area contributed by atoms with E-state index in [1.807, 2.05) is 0 Å². The number of nitrogens with one attached hydrogen (secondary N) is 1. The number of amidine groups is 1. The molecule has 1 aromatic rings. The number of halogens is 3. The Kier molecular flexibility index (Phi) is 4.41. The van der Waals surface area contributed by atoms with Crippen molar-refractivity contribution in [2.75, 3.05) is 11.9 Å². The summed E-state index contributed by atoms with van der Waals surface area (Å²) in [5, 5.41) is 13.4. The molecule has 0 spiro atoms. The molecule has 0 heterocycles. The molecule has 4 N–H and O–H groups in total. The standard InChI is InChI=1S/C11H14F3N3O/c1-7-4-2-3-5-9(7)16-6-8(10(15)17-18)11(12,13)14/h2-5,8,16,18H,6H2,1H3,(H2,15,17). The van der Waals surface area contributed by atoms with Gasteiger partial charge in [-0.05, 0) is 18.6 Å². The minimum absolute atomic E-state index is 0.482. The van der Waals surface area contributed by atoms with Gasteiger partial charge in [-0.15, -0.1) is 0 Å². The Bertz CT molecular complexity index is 432. The van der Waals surface area contributed by atoms with Gasteiger partial charge in [0.1, 0.15) is 5.92 Å². The summed E-state index contributed by atoms with van der Waals surface area (Å²) in [6.45, 7) is 1.29. The SMILES string of the molecule is Cc1ccccc1NCC(/C(N)=N/O)C(F)(F)F. The van der Waals surface area contributed by atoms with E-state index in [0.717, 1.165) is 5.56 Å². The van der Waals surface area contributed by atoms with Crippen molar-refractivity contribution in [3.05, 3.63) is 29.8 Å². The van der Waals surface area contributed by atoms with Gasteiger partial charge in [0.05, 0.1) is 0 Å². The molecule has 1 atom stereocenters. The minimum Gasteiger partial charge on any atom is -0.409 e. The zero-order chi connectivity index (χ0) is 13.8. The second kappa shape index (κ2) is 5.61. The number of hydrogen-bond acceptors (Lipinski definition) is 3. The third-order valence-corrected chi connectivity index (χ3v) is 2.51. The summed E-state index contributed by atoms with van der Waals surface area (Å²) in [6, 6.07) is 6.93. The number of nitrogens with two attached hydrogens (primary N) is 1. The first-order valence-corrected chi connectivity index (χ1v) is 5.20. The lowest BCUT2D eigenvalue weighted by Crippen LogP contribution is -2.40. The van der Waals surface area contributed by atoms with Gasteiger partial charge in [0.15, 0.2) is 5.84 Å². The van der Waals surface area contributed by atoms with E-state index in [1.165, 1.54) is 0 Å². The molecule has 0 aliphatic heterocycles. The average molecular weight is 261 g/mol.